The highest BCUT2D eigenvalue weighted by Crippen LogP contribution is 2.16. The molecule has 15 heavy (non-hydrogen) atoms. The number of halogens is 3. The Kier molecular flexibility index (Phi) is 5.79. The average molecular weight is 298 g/mol. The van der Waals surface area contributed by atoms with Gasteiger partial charge in [0.1, 0.15) is 5.82 Å². The lowest BCUT2D eigenvalue weighted by Crippen LogP contribution is -2.38. The van der Waals surface area contributed by atoms with Crippen LogP contribution < -0.4 is 11.5 Å². The van der Waals surface area contributed by atoms with Crippen molar-refractivity contribution >= 4 is 34.2 Å². The van der Waals surface area contributed by atoms with Gasteiger partial charge in [-0.05, 0) is 24.1 Å². The topological polar surface area (TPSA) is 69.1 Å². The lowest BCUT2D eigenvalue weighted by atomic mass is 10.1. The van der Waals surface area contributed by atoms with Gasteiger partial charge >= 0.3 is 0 Å². The van der Waals surface area contributed by atoms with Crippen LogP contribution in [0.4, 0.5) is 4.39 Å². The molecule has 0 fully saturated rings. The predicted octanol–water partition coefficient (Wildman–Crippen LogP) is 1.37. The van der Waals surface area contributed by atoms with Gasteiger partial charge in [0.25, 0.3) is 0 Å². The van der Waals surface area contributed by atoms with Crippen LogP contribution >= 0.6 is 28.3 Å². The first-order valence-corrected chi connectivity index (χ1v) is 4.79. The number of hydrogen-bond donors (Lipinski definition) is 2. The fourth-order valence-corrected chi connectivity index (χ4v) is 1.36. The second kappa shape index (κ2) is 6.05. The molecular formula is C9H11BrClFN2O. The molecule has 0 heterocycles. The summed E-state index contributed by atoms with van der Waals surface area (Å²) in [5.41, 5.74) is 10.8. The molecule has 0 aromatic heterocycles. The van der Waals surface area contributed by atoms with Crippen molar-refractivity contribution in [2.75, 3.05) is 0 Å². The van der Waals surface area contributed by atoms with Gasteiger partial charge in [-0.15, -0.1) is 12.4 Å². The molecule has 0 unspecified atom stereocenters. The Morgan fingerprint density at radius 3 is 2.60 bits per heavy atom. The van der Waals surface area contributed by atoms with Gasteiger partial charge in [0.2, 0.25) is 5.91 Å². The van der Waals surface area contributed by atoms with Crippen molar-refractivity contribution in [3.05, 3.63) is 34.1 Å². The quantitative estimate of drug-likeness (QED) is 0.884. The van der Waals surface area contributed by atoms with Crippen molar-refractivity contribution in [1.29, 1.82) is 0 Å². The third-order valence-corrected chi connectivity index (χ3v) is 2.31. The van der Waals surface area contributed by atoms with Crippen molar-refractivity contribution < 1.29 is 9.18 Å². The molecule has 0 aliphatic carbocycles. The smallest absolute Gasteiger partial charge is 0.234 e. The van der Waals surface area contributed by atoms with Crippen LogP contribution in [-0.4, -0.2) is 11.9 Å². The number of carbonyl (C=O) groups is 1. The Bertz CT molecular complexity index is 362. The normalized spacial score (nSPS) is 11.7. The maximum absolute atomic E-state index is 13.2. The minimum Gasteiger partial charge on any atom is -0.368 e. The van der Waals surface area contributed by atoms with Gasteiger partial charge in [0.05, 0.1) is 6.04 Å². The van der Waals surface area contributed by atoms with Gasteiger partial charge in [-0.25, -0.2) is 4.39 Å². The van der Waals surface area contributed by atoms with E-state index in [1.165, 1.54) is 6.07 Å². The van der Waals surface area contributed by atoms with Gasteiger partial charge < -0.3 is 11.5 Å². The summed E-state index contributed by atoms with van der Waals surface area (Å²) in [6.07, 6.45) is 0.119. The van der Waals surface area contributed by atoms with Crippen LogP contribution in [0.1, 0.15) is 5.56 Å². The minimum absolute atomic E-state index is 0. The molecule has 0 bridgehead atoms. The maximum Gasteiger partial charge on any atom is 0.234 e. The summed E-state index contributed by atoms with van der Waals surface area (Å²) in [7, 11) is 0. The first kappa shape index (κ1) is 14.3. The van der Waals surface area contributed by atoms with Crippen LogP contribution in [0.2, 0.25) is 0 Å². The van der Waals surface area contributed by atoms with E-state index in [0.29, 0.717) is 10.0 Å². The minimum atomic E-state index is -0.842. The highest BCUT2D eigenvalue weighted by Gasteiger charge is 2.12. The Balaban J connectivity index is 0.00000196. The van der Waals surface area contributed by atoms with Crippen molar-refractivity contribution in [3.63, 3.8) is 0 Å². The summed E-state index contributed by atoms with van der Waals surface area (Å²) in [5, 5.41) is 0. The Morgan fingerprint density at radius 2 is 2.13 bits per heavy atom. The van der Waals surface area contributed by atoms with Gasteiger partial charge in [-0.3, -0.25) is 4.79 Å². The van der Waals surface area contributed by atoms with E-state index in [1.54, 1.807) is 12.1 Å². The molecule has 1 rings (SSSR count). The van der Waals surface area contributed by atoms with E-state index in [2.05, 4.69) is 15.9 Å². The van der Waals surface area contributed by atoms with Crippen molar-refractivity contribution in [2.45, 2.75) is 12.5 Å². The first-order chi connectivity index (χ1) is 6.50. The highest BCUT2D eigenvalue weighted by atomic mass is 79.9. The molecule has 1 aromatic carbocycles. The van der Waals surface area contributed by atoms with Crippen molar-refractivity contribution in [2.24, 2.45) is 11.5 Å². The number of amides is 1. The monoisotopic (exact) mass is 296 g/mol. The molecule has 0 saturated heterocycles. The first-order valence-electron chi connectivity index (χ1n) is 3.99. The number of nitrogens with two attached hydrogens (primary N) is 2. The Labute approximate surface area is 102 Å². The summed E-state index contributed by atoms with van der Waals surface area (Å²) in [6, 6.07) is 3.74. The fraction of sp³-hybridized carbons (Fsp3) is 0.222. The van der Waals surface area contributed by atoms with Crippen LogP contribution in [0.15, 0.2) is 22.7 Å². The van der Waals surface area contributed by atoms with E-state index in [-0.39, 0.29) is 18.8 Å². The summed E-state index contributed by atoms with van der Waals surface area (Å²) < 4.78 is 13.9. The second-order valence-electron chi connectivity index (χ2n) is 2.95. The summed E-state index contributed by atoms with van der Waals surface area (Å²) in [5.74, 6) is -1.02. The lowest BCUT2D eigenvalue weighted by Gasteiger charge is -2.08. The van der Waals surface area contributed by atoms with Crippen LogP contribution in [0, 0.1) is 5.82 Å². The molecule has 0 spiro atoms. The van der Waals surface area contributed by atoms with Crippen molar-refractivity contribution in [3.8, 4) is 0 Å². The zero-order chi connectivity index (χ0) is 10.7. The summed E-state index contributed by atoms with van der Waals surface area (Å²) >= 11 is 3.13. The Hall–Kier alpha value is -0.650. The average Bonchev–Trinajstić information content (AvgIpc) is 2.09. The fourth-order valence-electron chi connectivity index (χ4n) is 1.02. The molecule has 0 saturated carbocycles. The second-order valence-corrected chi connectivity index (χ2v) is 3.86. The number of rotatable bonds is 3. The molecule has 6 heteroatoms. The zero-order valence-electron chi connectivity index (χ0n) is 7.74. The highest BCUT2D eigenvalue weighted by molar-refractivity contribution is 9.10. The molecule has 0 aliphatic heterocycles. The van der Waals surface area contributed by atoms with E-state index in [4.69, 9.17) is 11.5 Å². The number of primary amides is 1. The molecule has 1 amide bonds. The van der Waals surface area contributed by atoms with E-state index in [1.807, 2.05) is 0 Å². The van der Waals surface area contributed by atoms with E-state index < -0.39 is 17.8 Å². The summed E-state index contributed by atoms with van der Waals surface area (Å²) in [4.78, 5) is 10.6. The SMILES string of the molecule is Cl.NC(=O)[C@@H](N)Cc1ccc(Br)cc1F. The van der Waals surface area contributed by atoms with Gasteiger partial charge in [-0.1, -0.05) is 22.0 Å². The third-order valence-electron chi connectivity index (χ3n) is 1.82. The van der Waals surface area contributed by atoms with Gasteiger partial charge in [0, 0.05) is 4.47 Å². The van der Waals surface area contributed by atoms with Crippen LogP contribution in [0.3, 0.4) is 0 Å². The largest absolute Gasteiger partial charge is 0.368 e. The van der Waals surface area contributed by atoms with E-state index in [0.717, 1.165) is 0 Å². The van der Waals surface area contributed by atoms with Gasteiger partial charge in [-0.2, -0.15) is 0 Å². The van der Waals surface area contributed by atoms with Gasteiger partial charge in [0.15, 0.2) is 0 Å². The molecule has 84 valence electrons. The van der Waals surface area contributed by atoms with Crippen LogP contribution in [0.5, 0.6) is 0 Å². The molecule has 4 N–H and O–H groups in total. The van der Waals surface area contributed by atoms with E-state index in [9.17, 15) is 9.18 Å². The third kappa shape index (κ3) is 4.15. The van der Waals surface area contributed by atoms with Crippen LogP contribution in [-0.2, 0) is 11.2 Å². The number of carbonyl (C=O) groups excluding carboxylic acids is 1. The number of hydrogen-bond acceptors (Lipinski definition) is 2. The predicted molar refractivity (Wildman–Crippen MR) is 62.2 cm³/mol. The zero-order valence-corrected chi connectivity index (χ0v) is 10.1. The maximum atomic E-state index is 13.2. The lowest BCUT2D eigenvalue weighted by molar-refractivity contribution is -0.119. The van der Waals surface area contributed by atoms with E-state index >= 15 is 0 Å². The standard InChI is InChI=1S/C9H10BrFN2O.ClH/c10-6-2-1-5(7(11)4-6)3-8(12)9(13)14;/h1-2,4,8H,3,12H2,(H2,13,14);1H/t8-;/m0./s1. The molecule has 0 radical (unpaired) electrons. The summed E-state index contributed by atoms with van der Waals surface area (Å²) in [6.45, 7) is 0. The molecule has 1 aromatic rings. The molecular weight excluding hydrogens is 286 g/mol. The van der Waals surface area contributed by atoms with Crippen LogP contribution in [0.25, 0.3) is 0 Å². The van der Waals surface area contributed by atoms with Crippen molar-refractivity contribution in [1.82, 2.24) is 0 Å². The molecule has 0 aliphatic rings. The molecule has 1 atom stereocenters. The molecule has 3 nitrogen and oxygen atoms in total. The Morgan fingerprint density at radius 1 is 1.53 bits per heavy atom. The number of benzene rings is 1.